The van der Waals surface area contributed by atoms with Gasteiger partial charge in [0.2, 0.25) is 5.89 Å². The van der Waals surface area contributed by atoms with Crippen LogP contribution in [0, 0.1) is 10.1 Å². The number of para-hydroxylation sites is 1. The van der Waals surface area contributed by atoms with Crippen LogP contribution in [0.15, 0.2) is 53.1 Å². The van der Waals surface area contributed by atoms with Crippen molar-refractivity contribution in [3.05, 3.63) is 75.9 Å². The summed E-state index contributed by atoms with van der Waals surface area (Å²) in [5.74, 6) is 0.879. The quantitative estimate of drug-likeness (QED) is 0.475. The van der Waals surface area contributed by atoms with Crippen molar-refractivity contribution in [2.45, 2.75) is 25.3 Å². The first-order chi connectivity index (χ1) is 13.6. The van der Waals surface area contributed by atoms with Crippen molar-refractivity contribution >= 4 is 23.0 Å². The highest BCUT2D eigenvalue weighted by Crippen LogP contribution is 2.38. The van der Waals surface area contributed by atoms with Crippen molar-refractivity contribution in [1.82, 2.24) is 15.5 Å². The fraction of sp³-hybridized carbons (Fsp3) is 0.211. The number of hydrogen-bond donors (Lipinski definition) is 2. The maximum atomic E-state index is 12.4. The summed E-state index contributed by atoms with van der Waals surface area (Å²) in [5, 5.41) is 21.0. The molecular formula is C19H17N5O4. The van der Waals surface area contributed by atoms with E-state index >= 15 is 0 Å². The van der Waals surface area contributed by atoms with Crippen LogP contribution in [0.3, 0.4) is 0 Å². The first-order valence-corrected chi connectivity index (χ1v) is 8.81. The number of aromatic nitrogens is 2. The van der Waals surface area contributed by atoms with E-state index in [4.69, 9.17) is 4.52 Å². The Kier molecular flexibility index (Phi) is 4.71. The van der Waals surface area contributed by atoms with Crippen LogP contribution >= 0.6 is 0 Å². The molecule has 9 nitrogen and oxygen atoms in total. The lowest BCUT2D eigenvalue weighted by Crippen LogP contribution is -2.23. The molecule has 3 aromatic rings. The van der Waals surface area contributed by atoms with Gasteiger partial charge in [0.1, 0.15) is 5.69 Å². The van der Waals surface area contributed by atoms with Gasteiger partial charge in [-0.3, -0.25) is 14.9 Å². The summed E-state index contributed by atoms with van der Waals surface area (Å²) in [6, 6.07) is 13.4. The Hall–Kier alpha value is -3.75. The highest BCUT2D eigenvalue weighted by Gasteiger charge is 2.28. The number of nitrogens with zero attached hydrogens (tertiary/aromatic N) is 3. The molecule has 9 heteroatoms. The fourth-order valence-electron chi connectivity index (χ4n) is 2.71. The third-order valence-corrected chi connectivity index (χ3v) is 4.34. The van der Waals surface area contributed by atoms with Gasteiger partial charge in [-0.1, -0.05) is 23.4 Å². The average Bonchev–Trinajstić information content (AvgIpc) is 3.45. The highest BCUT2D eigenvalue weighted by atomic mass is 16.6. The normalized spacial score (nSPS) is 13.1. The zero-order valence-corrected chi connectivity index (χ0v) is 14.8. The van der Waals surface area contributed by atoms with Gasteiger partial charge in [0, 0.05) is 23.2 Å². The summed E-state index contributed by atoms with van der Waals surface area (Å²) in [7, 11) is 0. The Morgan fingerprint density at radius 2 is 2.00 bits per heavy atom. The topological polar surface area (TPSA) is 123 Å². The number of nitro benzene ring substituents is 1. The van der Waals surface area contributed by atoms with Gasteiger partial charge in [-0.15, -0.1) is 0 Å². The molecule has 0 unspecified atom stereocenters. The first-order valence-electron chi connectivity index (χ1n) is 8.81. The van der Waals surface area contributed by atoms with Crippen LogP contribution in [0.4, 0.5) is 17.1 Å². The molecule has 1 aliphatic rings. The molecule has 0 radical (unpaired) electrons. The number of nitro groups is 1. The van der Waals surface area contributed by atoms with E-state index < -0.39 is 10.8 Å². The minimum atomic E-state index is -0.526. The van der Waals surface area contributed by atoms with Gasteiger partial charge in [-0.05, 0) is 37.1 Å². The molecule has 1 amide bonds. The number of rotatable bonds is 7. The number of carbonyl (C=O) groups is 1. The lowest BCUT2D eigenvalue weighted by Gasteiger charge is -2.09. The van der Waals surface area contributed by atoms with E-state index in [0.29, 0.717) is 29.0 Å². The first kappa shape index (κ1) is 17.7. The monoisotopic (exact) mass is 379 g/mol. The number of amides is 1. The second kappa shape index (κ2) is 7.47. The second-order valence-corrected chi connectivity index (χ2v) is 6.48. The van der Waals surface area contributed by atoms with Crippen LogP contribution in [0.25, 0.3) is 0 Å². The minimum absolute atomic E-state index is 0.0658. The number of hydrogen-bond acceptors (Lipinski definition) is 7. The van der Waals surface area contributed by atoms with Gasteiger partial charge >= 0.3 is 0 Å². The standard InChI is InChI=1S/C19H17N5O4/c25-19(20-11-17-22-18(23-28-17)12-6-7-12)13-8-9-15(16(10-13)24(26)27)21-14-4-2-1-3-5-14/h1-5,8-10,12,21H,6-7,11H2,(H,20,25). The molecule has 1 aliphatic carbocycles. The van der Waals surface area contributed by atoms with E-state index in [9.17, 15) is 14.9 Å². The van der Waals surface area contributed by atoms with Crippen LogP contribution in [0.2, 0.25) is 0 Å². The maximum absolute atomic E-state index is 12.4. The molecule has 2 aromatic carbocycles. The van der Waals surface area contributed by atoms with E-state index in [2.05, 4.69) is 20.8 Å². The lowest BCUT2D eigenvalue weighted by molar-refractivity contribution is -0.383. The molecule has 2 N–H and O–H groups in total. The van der Waals surface area contributed by atoms with Crippen molar-refractivity contribution in [3.8, 4) is 0 Å². The molecule has 4 rings (SSSR count). The van der Waals surface area contributed by atoms with Crippen molar-refractivity contribution in [1.29, 1.82) is 0 Å². The molecule has 0 atom stereocenters. The highest BCUT2D eigenvalue weighted by molar-refractivity contribution is 5.95. The number of benzene rings is 2. The number of nitrogens with one attached hydrogen (secondary N) is 2. The third kappa shape index (κ3) is 3.98. The van der Waals surface area contributed by atoms with Gasteiger partial charge in [0.15, 0.2) is 5.82 Å². The Morgan fingerprint density at radius 1 is 1.21 bits per heavy atom. The van der Waals surface area contributed by atoms with E-state index in [-0.39, 0.29) is 17.8 Å². The molecule has 0 saturated heterocycles. The Bertz CT molecular complexity index is 1010. The maximum Gasteiger partial charge on any atom is 0.293 e. The van der Waals surface area contributed by atoms with Crippen LogP contribution < -0.4 is 10.6 Å². The smallest absolute Gasteiger partial charge is 0.293 e. The zero-order chi connectivity index (χ0) is 19.5. The molecule has 1 saturated carbocycles. The molecule has 142 valence electrons. The lowest BCUT2D eigenvalue weighted by atomic mass is 10.1. The molecule has 0 aliphatic heterocycles. The predicted molar refractivity (Wildman–Crippen MR) is 100 cm³/mol. The van der Waals surface area contributed by atoms with Crippen molar-refractivity contribution in [2.24, 2.45) is 0 Å². The largest absolute Gasteiger partial charge is 0.350 e. The molecule has 1 heterocycles. The number of anilines is 2. The predicted octanol–water partition coefficient (Wildman–Crippen LogP) is 3.53. The molecule has 1 fully saturated rings. The SMILES string of the molecule is O=C(NCc1nc(C2CC2)no1)c1ccc(Nc2ccccc2)c([N+](=O)[O-])c1. The van der Waals surface area contributed by atoms with Gasteiger partial charge in [0.05, 0.1) is 11.5 Å². The summed E-state index contributed by atoms with van der Waals surface area (Å²) >= 11 is 0. The van der Waals surface area contributed by atoms with Crippen molar-refractivity contribution in [3.63, 3.8) is 0 Å². The average molecular weight is 379 g/mol. The Labute approximate surface area is 159 Å². The van der Waals surface area contributed by atoms with Gasteiger partial charge in [-0.2, -0.15) is 4.98 Å². The van der Waals surface area contributed by atoms with Gasteiger partial charge in [0.25, 0.3) is 11.6 Å². The summed E-state index contributed by atoms with van der Waals surface area (Å²) in [4.78, 5) is 27.5. The van der Waals surface area contributed by atoms with Gasteiger partial charge < -0.3 is 15.2 Å². The molecule has 0 bridgehead atoms. The molecule has 28 heavy (non-hydrogen) atoms. The Morgan fingerprint density at radius 3 is 2.71 bits per heavy atom. The van der Waals surface area contributed by atoms with Crippen molar-refractivity contribution in [2.75, 3.05) is 5.32 Å². The molecule has 1 aromatic heterocycles. The fourth-order valence-corrected chi connectivity index (χ4v) is 2.71. The van der Waals surface area contributed by atoms with Crippen molar-refractivity contribution < 1.29 is 14.2 Å². The second-order valence-electron chi connectivity index (χ2n) is 6.48. The van der Waals surface area contributed by atoms with Crippen LogP contribution in [-0.4, -0.2) is 21.0 Å². The Balaban J connectivity index is 1.46. The minimum Gasteiger partial charge on any atom is -0.350 e. The summed E-state index contributed by atoms with van der Waals surface area (Å²) < 4.78 is 5.11. The van der Waals surface area contributed by atoms with E-state index in [1.165, 1.54) is 18.2 Å². The third-order valence-electron chi connectivity index (χ3n) is 4.34. The van der Waals surface area contributed by atoms with E-state index in [1.807, 2.05) is 18.2 Å². The van der Waals surface area contributed by atoms with Gasteiger partial charge in [-0.25, -0.2) is 0 Å². The summed E-state index contributed by atoms with van der Waals surface area (Å²) in [6.45, 7) is 0.0658. The molecular weight excluding hydrogens is 362 g/mol. The zero-order valence-electron chi connectivity index (χ0n) is 14.8. The van der Waals surface area contributed by atoms with Crippen LogP contribution in [0.5, 0.6) is 0 Å². The molecule has 0 spiro atoms. The van der Waals surface area contributed by atoms with E-state index in [0.717, 1.165) is 12.8 Å². The van der Waals surface area contributed by atoms with E-state index in [1.54, 1.807) is 12.1 Å². The number of carbonyl (C=O) groups excluding carboxylic acids is 1. The van der Waals surface area contributed by atoms with Crippen LogP contribution in [-0.2, 0) is 6.54 Å². The summed E-state index contributed by atoms with van der Waals surface area (Å²) in [5.41, 5.74) is 1.00. The summed E-state index contributed by atoms with van der Waals surface area (Å²) in [6.07, 6.45) is 2.11. The van der Waals surface area contributed by atoms with Crippen LogP contribution in [0.1, 0.15) is 40.8 Å².